The van der Waals surface area contributed by atoms with E-state index in [2.05, 4.69) is 25.9 Å². The number of anilines is 1. The molecule has 5 nitrogen and oxygen atoms in total. The normalized spacial score (nSPS) is 13.2. The summed E-state index contributed by atoms with van der Waals surface area (Å²) in [5.74, 6) is 0. The number of sulfonamides is 1. The summed E-state index contributed by atoms with van der Waals surface area (Å²) in [6, 6.07) is 11.6. The SMILES string of the molecule is CC/C(=N\OCc1ccc(C(C)(C)C)cc1)c1cc(Cl)ccc1NS(=O)(=O)C(F)(F)F. The number of oxime groups is 1. The van der Waals surface area contributed by atoms with Gasteiger partial charge in [0.15, 0.2) is 0 Å². The molecular weight excluding hydrogens is 453 g/mol. The fraction of sp³-hybridized carbons (Fsp3) is 0.381. The molecule has 0 atom stereocenters. The maximum absolute atomic E-state index is 12.8. The fourth-order valence-electron chi connectivity index (χ4n) is 2.64. The van der Waals surface area contributed by atoms with Gasteiger partial charge in [0, 0.05) is 10.6 Å². The number of benzene rings is 2. The van der Waals surface area contributed by atoms with Gasteiger partial charge in [-0.2, -0.15) is 21.6 Å². The molecule has 0 aliphatic heterocycles. The van der Waals surface area contributed by atoms with E-state index < -0.39 is 15.5 Å². The molecule has 2 aromatic rings. The van der Waals surface area contributed by atoms with Gasteiger partial charge in [-0.15, -0.1) is 0 Å². The third-order valence-electron chi connectivity index (χ3n) is 4.40. The predicted octanol–water partition coefficient (Wildman–Crippen LogP) is 6.23. The first-order valence-electron chi connectivity index (χ1n) is 9.42. The van der Waals surface area contributed by atoms with Crippen LogP contribution in [-0.2, 0) is 26.9 Å². The summed E-state index contributed by atoms with van der Waals surface area (Å²) in [6.07, 6.45) is 0.268. The number of alkyl halides is 3. The quantitative estimate of drug-likeness (QED) is 0.380. The monoisotopic (exact) mass is 476 g/mol. The van der Waals surface area contributed by atoms with Crippen molar-refractivity contribution in [2.45, 2.75) is 51.6 Å². The van der Waals surface area contributed by atoms with Gasteiger partial charge < -0.3 is 4.84 Å². The number of nitrogens with zero attached hydrogens (tertiary/aromatic N) is 1. The molecule has 10 heteroatoms. The molecule has 2 aromatic carbocycles. The Hall–Kier alpha value is -2.26. The smallest absolute Gasteiger partial charge is 0.391 e. The van der Waals surface area contributed by atoms with Gasteiger partial charge in [-0.05, 0) is 41.2 Å². The zero-order valence-corrected chi connectivity index (χ0v) is 19.1. The zero-order chi connectivity index (χ0) is 23.4. The first kappa shape index (κ1) is 25.0. The number of hydrogen-bond acceptors (Lipinski definition) is 4. The van der Waals surface area contributed by atoms with Crippen LogP contribution < -0.4 is 4.72 Å². The first-order chi connectivity index (χ1) is 14.2. The van der Waals surface area contributed by atoms with Gasteiger partial charge in [-0.25, -0.2) is 0 Å². The van der Waals surface area contributed by atoms with Crippen molar-refractivity contribution in [2.75, 3.05) is 4.72 Å². The van der Waals surface area contributed by atoms with Crippen LogP contribution in [0.2, 0.25) is 5.02 Å². The highest BCUT2D eigenvalue weighted by Gasteiger charge is 2.46. The largest absolute Gasteiger partial charge is 0.516 e. The molecule has 170 valence electrons. The maximum Gasteiger partial charge on any atom is 0.516 e. The molecule has 0 radical (unpaired) electrons. The Morgan fingerprint density at radius 3 is 2.23 bits per heavy atom. The molecule has 0 saturated carbocycles. The average Bonchev–Trinajstić information content (AvgIpc) is 2.65. The highest BCUT2D eigenvalue weighted by atomic mass is 35.5. The molecule has 0 amide bonds. The van der Waals surface area contributed by atoms with Gasteiger partial charge in [0.2, 0.25) is 0 Å². The number of hydrogen-bond donors (Lipinski definition) is 1. The van der Waals surface area contributed by atoms with E-state index >= 15 is 0 Å². The molecule has 0 unspecified atom stereocenters. The molecule has 0 spiro atoms. The third-order valence-corrected chi connectivity index (χ3v) is 5.74. The summed E-state index contributed by atoms with van der Waals surface area (Å²) in [4.78, 5) is 5.39. The topological polar surface area (TPSA) is 67.8 Å². The van der Waals surface area contributed by atoms with E-state index in [0.29, 0.717) is 0 Å². The highest BCUT2D eigenvalue weighted by molar-refractivity contribution is 7.93. The number of halogens is 4. The van der Waals surface area contributed by atoms with E-state index in [1.807, 2.05) is 24.3 Å². The number of nitrogens with one attached hydrogen (secondary N) is 1. The van der Waals surface area contributed by atoms with E-state index in [0.717, 1.165) is 17.2 Å². The van der Waals surface area contributed by atoms with Crippen LogP contribution in [0.25, 0.3) is 0 Å². The van der Waals surface area contributed by atoms with Crippen LogP contribution in [0.15, 0.2) is 47.6 Å². The number of rotatable bonds is 7. The summed E-state index contributed by atoms with van der Waals surface area (Å²) < 4.78 is 62.9. The Kier molecular flexibility index (Phi) is 7.65. The Bertz CT molecular complexity index is 1050. The Morgan fingerprint density at radius 2 is 1.71 bits per heavy atom. The van der Waals surface area contributed by atoms with Crippen LogP contribution in [0.5, 0.6) is 0 Å². The Balaban J connectivity index is 2.25. The van der Waals surface area contributed by atoms with Crippen LogP contribution >= 0.6 is 11.6 Å². The minimum Gasteiger partial charge on any atom is -0.391 e. The maximum atomic E-state index is 12.8. The van der Waals surface area contributed by atoms with E-state index in [-0.39, 0.29) is 40.4 Å². The molecule has 0 saturated heterocycles. The van der Waals surface area contributed by atoms with Crippen molar-refractivity contribution < 1.29 is 26.4 Å². The van der Waals surface area contributed by atoms with E-state index in [1.54, 1.807) is 11.6 Å². The molecule has 0 aromatic heterocycles. The van der Waals surface area contributed by atoms with E-state index in [4.69, 9.17) is 16.4 Å². The van der Waals surface area contributed by atoms with Crippen molar-refractivity contribution >= 4 is 33.0 Å². The average molecular weight is 477 g/mol. The van der Waals surface area contributed by atoms with Gasteiger partial charge in [-0.3, -0.25) is 4.72 Å². The molecular formula is C21H24ClF3N2O3S. The summed E-state index contributed by atoms with van der Waals surface area (Å²) in [7, 11) is -5.60. The lowest BCUT2D eigenvalue weighted by Gasteiger charge is -2.19. The molecule has 0 heterocycles. The lowest BCUT2D eigenvalue weighted by molar-refractivity contribution is -0.0429. The van der Waals surface area contributed by atoms with Gasteiger partial charge in [0.1, 0.15) is 6.61 Å². The summed E-state index contributed by atoms with van der Waals surface area (Å²) in [5, 5.41) is 4.23. The van der Waals surface area contributed by atoms with Crippen LogP contribution in [0.1, 0.15) is 50.8 Å². The van der Waals surface area contributed by atoms with Gasteiger partial charge in [0.25, 0.3) is 0 Å². The highest BCUT2D eigenvalue weighted by Crippen LogP contribution is 2.29. The summed E-state index contributed by atoms with van der Waals surface area (Å²) in [6.45, 7) is 8.16. The van der Waals surface area contributed by atoms with Crippen molar-refractivity contribution in [3.8, 4) is 0 Å². The van der Waals surface area contributed by atoms with Gasteiger partial charge in [0.05, 0.1) is 11.4 Å². The lowest BCUT2D eigenvalue weighted by atomic mass is 9.87. The first-order valence-corrected chi connectivity index (χ1v) is 11.3. The second kappa shape index (κ2) is 9.48. The Labute approximate surface area is 185 Å². The predicted molar refractivity (Wildman–Crippen MR) is 117 cm³/mol. The van der Waals surface area contributed by atoms with Crippen LogP contribution in [0.4, 0.5) is 18.9 Å². The third kappa shape index (κ3) is 6.61. The second-order valence-electron chi connectivity index (χ2n) is 7.85. The summed E-state index contributed by atoms with van der Waals surface area (Å²) >= 11 is 5.97. The van der Waals surface area contributed by atoms with E-state index in [1.165, 1.54) is 12.1 Å². The van der Waals surface area contributed by atoms with Crippen molar-refractivity contribution in [1.29, 1.82) is 0 Å². The second-order valence-corrected chi connectivity index (χ2v) is 9.96. The van der Waals surface area contributed by atoms with Crippen molar-refractivity contribution in [1.82, 2.24) is 0 Å². The van der Waals surface area contributed by atoms with E-state index in [9.17, 15) is 21.6 Å². The van der Waals surface area contributed by atoms with Gasteiger partial charge in [-0.1, -0.05) is 68.7 Å². The zero-order valence-electron chi connectivity index (χ0n) is 17.5. The molecule has 31 heavy (non-hydrogen) atoms. The van der Waals surface area contributed by atoms with Crippen molar-refractivity contribution in [3.63, 3.8) is 0 Å². The fourth-order valence-corrected chi connectivity index (χ4v) is 3.39. The van der Waals surface area contributed by atoms with Crippen LogP contribution in [0, 0.1) is 0 Å². The minimum absolute atomic E-state index is 0.0135. The molecule has 1 N–H and O–H groups in total. The molecule has 0 aliphatic rings. The van der Waals surface area contributed by atoms with Crippen molar-refractivity contribution in [2.24, 2.45) is 5.16 Å². The van der Waals surface area contributed by atoms with Crippen molar-refractivity contribution in [3.05, 3.63) is 64.2 Å². The minimum atomic E-state index is -5.60. The summed E-state index contributed by atoms with van der Waals surface area (Å²) in [5.41, 5.74) is -3.37. The van der Waals surface area contributed by atoms with Gasteiger partial charge >= 0.3 is 15.5 Å². The van der Waals surface area contributed by atoms with Crippen LogP contribution in [0.3, 0.4) is 0 Å². The standard InChI is InChI=1S/C21H24ClF3N2O3S/c1-5-18(26-30-13-14-6-8-15(9-7-14)20(2,3)4)17-12-16(22)10-11-19(17)27-31(28,29)21(23,24)25/h6-12,27H,5,13H2,1-4H3/b26-18+. The molecule has 0 aliphatic carbocycles. The lowest BCUT2D eigenvalue weighted by Crippen LogP contribution is -2.30. The Morgan fingerprint density at radius 1 is 1.10 bits per heavy atom. The molecule has 0 bridgehead atoms. The molecule has 2 rings (SSSR count). The molecule has 0 fully saturated rings. The van der Waals surface area contributed by atoms with Crippen LogP contribution in [-0.4, -0.2) is 19.6 Å².